The Kier molecular flexibility index (Phi) is 9.00. The highest BCUT2D eigenvalue weighted by molar-refractivity contribution is 5.87. The normalized spacial score (nSPS) is 48.5. The van der Waals surface area contributed by atoms with Gasteiger partial charge in [0.05, 0.1) is 12.5 Å². The van der Waals surface area contributed by atoms with Gasteiger partial charge in [-0.25, -0.2) is 4.79 Å². The number of esters is 1. The lowest BCUT2D eigenvalue weighted by molar-refractivity contribution is -0.228. The van der Waals surface area contributed by atoms with Gasteiger partial charge in [-0.3, -0.25) is 9.59 Å². The van der Waals surface area contributed by atoms with Crippen LogP contribution in [0.1, 0.15) is 139 Å². The molecule has 6 saturated carbocycles. The Morgan fingerprint density at radius 1 is 0.804 bits per heavy atom. The maximum atomic E-state index is 14.4. The quantitative estimate of drug-likeness (QED) is 0.278. The predicted molar refractivity (Wildman–Crippen MR) is 182 cm³/mol. The van der Waals surface area contributed by atoms with Crippen molar-refractivity contribution in [2.45, 2.75) is 151 Å². The molecule has 0 aromatic rings. The molecule has 0 bridgehead atoms. The summed E-state index contributed by atoms with van der Waals surface area (Å²) in [6.07, 6.45) is 15.0. The highest BCUT2D eigenvalue weighted by atomic mass is 16.5. The lowest BCUT2D eigenvalue weighted by Crippen LogP contribution is -2.66. The van der Waals surface area contributed by atoms with E-state index in [-0.39, 0.29) is 47.0 Å². The summed E-state index contributed by atoms with van der Waals surface area (Å²) in [6.45, 7) is 19.3. The molecule has 0 spiro atoms. The van der Waals surface area contributed by atoms with Crippen LogP contribution in [0.5, 0.6) is 0 Å². The van der Waals surface area contributed by atoms with Gasteiger partial charge in [-0.05, 0) is 141 Å². The number of carbonyl (C=O) groups is 3. The average molecular weight is 639 g/mol. The van der Waals surface area contributed by atoms with Gasteiger partial charge in [-0.1, -0.05) is 61.8 Å². The van der Waals surface area contributed by atoms with Crippen molar-refractivity contribution in [1.82, 2.24) is 10.6 Å². The van der Waals surface area contributed by atoms with Crippen LogP contribution >= 0.6 is 0 Å². The van der Waals surface area contributed by atoms with Gasteiger partial charge in [0, 0.05) is 12.0 Å². The summed E-state index contributed by atoms with van der Waals surface area (Å²) in [5.74, 6) is 4.40. The van der Waals surface area contributed by atoms with E-state index >= 15 is 0 Å². The lowest BCUT2D eigenvalue weighted by atomic mass is 9.33. The number of nitrogens with one attached hydrogen (secondary N) is 2. The van der Waals surface area contributed by atoms with Crippen molar-refractivity contribution in [2.75, 3.05) is 7.11 Å². The molecule has 260 valence electrons. The fourth-order valence-electron chi connectivity index (χ4n) is 13.5. The second-order valence-electron chi connectivity index (χ2n) is 18.7. The van der Waals surface area contributed by atoms with Gasteiger partial charge in [-0.2, -0.15) is 0 Å². The molecular weight excluding hydrogens is 572 g/mol. The molecule has 46 heavy (non-hydrogen) atoms. The van der Waals surface area contributed by atoms with E-state index in [0.717, 1.165) is 42.9 Å². The molecular formula is C40H66N2O4. The molecule has 2 amide bonds. The zero-order valence-electron chi connectivity index (χ0n) is 30.7. The molecule has 0 aromatic carbocycles. The monoisotopic (exact) mass is 639 g/mol. The van der Waals surface area contributed by atoms with E-state index in [4.69, 9.17) is 4.74 Å². The predicted octanol–water partition coefficient (Wildman–Crippen LogP) is 7.93. The van der Waals surface area contributed by atoms with Crippen LogP contribution in [0.2, 0.25) is 0 Å². The number of methoxy groups -OCH3 is 1. The highest BCUT2D eigenvalue weighted by Crippen LogP contribution is 2.76. The van der Waals surface area contributed by atoms with E-state index in [9.17, 15) is 14.4 Å². The van der Waals surface area contributed by atoms with Crippen LogP contribution in [0.25, 0.3) is 0 Å². The summed E-state index contributed by atoms with van der Waals surface area (Å²) in [5, 5.41) is 6.48. The van der Waals surface area contributed by atoms with Crippen LogP contribution in [-0.4, -0.2) is 37.0 Å². The molecule has 6 rings (SSSR count). The third-order valence-corrected chi connectivity index (χ3v) is 16.8. The Morgan fingerprint density at radius 2 is 1.54 bits per heavy atom. The summed E-state index contributed by atoms with van der Waals surface area (Å²) in [4.78, 5) is 40.0. The van der Waals surface area contributed by atoms with E-state index in [1.54, 1.807) is 0 Å². The maximum Gasteiger partial charge on any atom is 0.328 e. The fourth-order valence-corrected chi connectivity index (χ4v) is 13.5. The number of carbonyl (C=O) groups excluding carboxylic acids is 3. The van der Waals surface area contributed by atoms with Gasteiger partial charge in [0.15, 0.2) is 0 Å². The van der Waals surface area contributed by atoms with Crippen molar-refractivity contribution in [3.63, 3.8) is 0 Å². The van der Waals surface area contributed by atoms with Crippen molar-refractivity contribution in [1.29, 1.82) is 0 Å². The number of fused-ring (bicyclic) bond motifs is 7. The van der Waals surface area contributed by atoms with Crippen LogP contribution in [0.3, 0.4) is 0 Å². The summed E-state index contributed by atoms with van der Waals surface area (Å²) in [5.41, 5.74) is 0.869. The van der Waals surface area contributed by atoms with Crippen LogP contribution in [0.15, 0.2) is 0 Å². The number of ether oxygens (including phenoxy) is 1. The minimum absolute atomic E-state index is 0.0213. The van der Waals surface area contributed by atoms with Crippen molar-refractivity contribution >= 4 is 17.8 Å². The number of hydrogen-bond donors (Lipinski definition) is 2. The summed E-state index contributed by atoms with van der Waals surface area (Å²) in [6, 6.07) is -0.597. The fraction of sp³-hybridized carbons (Fsp3) is 0.925. The van der Waals surface area contributed by atoms with Crippen LogP contribution in [0.4, 0.5) is 0 Å². The second kappa shape index (κ2) is 12.1. The molecule has 0 heterocycles. The molecule has 6 heteroatoms. The third-order valence-electron chi connectivity index (χ3n) is 16.8. The smallest absolute Gasteiger partial charge is 0.328 e. The third kappa shape index (κ3) is 5.02. The Bertz CT molecular complexity index is 1200. The van der Waals surface area contributed by atoms with E-state index in [2.05, 4.69) is 52.2 Å². The molecule has 6 aliphatic carbocycles. The van der Waals surface area contributed by atoms with E-state index in [1.807, 2.05) is 13.8 Å². The van der Waals surface area contributed by atoms with Gasteiger partial charge < -0.3 is 15.4 Å². The number of amides is 2. The molecule has 0 radical (unpaired) electrons. The molecule has 14 atom stereocenters. The summed E-state index contributed by atoms with van der Waals surface area (Å²) < 4.78 is 4.96. The first kappa shape index (κ1) is 34.3. The van der Waals surface area contributed by atoms with Crippen molar-refractivity contribution in [3.05, 3.63) is 0 Å². The first-order valence-electron chi connectivity index (χ1n) is 19.3. The SMILES string of the molecule is COC(=O)C(CC(C)C)NC(=O)C1CC(NC(=O)C23CCCC2C2CCC4C5(C)CCC(C)C(C)C5CCC4(C)[C@]2(C)CC3)C1C. The summed E-state index contributed by atoms with van der Waals surface area (Å²) in [7, 11) is 1.37. The lowest BCUT2D eigenvalue weighted by Gasteiger charge is -2.71. The van der Waals surface area contributed by atoms with E-state index < -0.39 is 6.04 Å². The van der Waals surface area contributed by atoms with Crippen molar-refractivity contribution < 1.29 is 19.1 Å². The topological polar surface area (TPSA) is 84.5 Å². The molecule has 6 fully saturated rings. The van der Waals surface area contributed by atoms with Crippen LogP contribution < -0.4 is 10.6 Å². The zero-order chi connectivity index (χ0) is 33.4. The van der Waals surface area contributed by atoms with Crippen LogP contribution in [-0.2, 0) is 19.1 Å². The van der Waals surface area contributed by atoms with Crippen LogP contribution in [0, 0.1) is 74.9 Å². The van der Waals surface area contributed by atoms with Crippen molar-refractivity contribution in [2.24, 2.45) is 74.9 Å². The molecule has 13 unspecified atom stereocenters. The van der Waals surface area contributed by atoms with Gasteiger partial charge in [0.2, 0.25) is 11.8 Å². The number of rotatable bonds is 7. The second-order valence-corrected chi connectivity index (χ2v) is 18.7. The Morgan fingerprint density at radius 3 is 2.22 bits per heavy atom. The highest BCUT2D eigenvalue weighted by Gasteiger charge is 2.70. The Labute approximate surface area is 280 Å². The molecule has 6 nitrogen and oxygen atoms in total. The minimum Gasteiger partial charge on any atom is -0.467 e. The standard InChI is InChI=1S/C40H66N2O4/c1-23(2)21-32(35(44)46-9)41-34(43)27-22-31(26(27)5)42-36(45)40-16-10-11-30(40)29-12-13-33-37(6)17-14-24(3)25(4)28(37)15-18-39(33,8)38(29,7)19-20-40/h23-33H,10-22H2,1-9H3,(H,41,43)(H,42,45)/t24?,25?,26?,27?,28?,29?,30?,31?,32?,33?,37?,38-,39?,40?/m1/s1. The maximum absolute atomic E-state index is 14.4. The van der Waals surface area contributed by atoms with Gasteiger partial charge in [0.25, 0.3) is 0 Å². The molecule has 0 saturated heterocycles. The Balaban J connectivity index is 1.13. The first-order valence-corrected chi connectivity index (χ1v) is 19.3. The molecule has 2 N–H and O–H groups in total. The molecule has 6 aliphatic rings. The van der Waals surface area contributed by atoms with Gasteiger partial charge >= 0.3 is 5.97 Å². The number of hydrogen-bond acceptors (Lipinski definition) is 4. The minimum atomic E-state index is -0.618. The summed E-state index contributed by atoms with van der Waals surface area (Å²) >= 11 is 0. The van der Waals surface area contributed by atoms with E-state index in [1.165, 1.54) is 58.5 Å². The molecule has 0 aromatic heterocycles. The average Bonchev–Trinajstić information content (AvgIpc) is 3.45. The van der Waals surface area contributed by atoms with Crippen molar-refractivity contribution in [3.8, 4) is 0 Å². The zero-order valence-corrected chi connectivity index (χ0v) is 30.7. The van der Waals surface area contributed by atoms with E-state index in [0.29, 0.717) is 40.9 Å². The van der Waals surface area contributed by atoms with Gasteiger partial charge in [-0.15, -0.1) is 0 Å². The van der Waals surface area contributed by atoms with Gasteiger partial charge in [0.1, 0.15) is 6.04 Å². The largest absolute Gasteiger partial charge is 0.467 e. The molecule has 0 aliphatic heterocycles. The first-order chi connectivity index (χ1) is 21.6. The Hall–Kier alpha value is -1.59.